The Morgan fingerprint density at radius 3 is 2.75 bits per heavy atom. The van der Waals surface area contributed by atoms with E-state index in [9.17, 15) is 5.11 Å². The summed E-state index contributed by atoms with van der Waals surface area (Å²) in [5.74, 6) is 0. The fourth-order valence-corrected chi connectivity index (χ4v) is 2.42. The Labute approximate surface area is 97.3 Å². The molecule has 2 saturated heterocycles. The maximum absolute atomic E-state index is 10.0. The van der Waals surface area contributed by atoms with Crippen molar-refractivity contribution in [2.45, 2.75) is 50.4 Å². The van der Waals surface area contributed by atoms with Gasteiger partial charge in [0, 0.05) is 26.1 Å². The van der Waals surface area contributed by atoms with Crippen molar-refractivity contribution in [1.82, 2.24) is 5.32 Å². The lowest BCUT2D eigenvalue weighted by atomic mass is 10.0. The second-order valence-electron chi connectivity index (χ2n) is 5.70. The van der Waals surface area contributed by atoms with Gasteiger partial charge in [-0.25, -0.2) is 0 Å². The van der Waals surface area contributed by atoms with Crippen molar-refractivity contribution in [2.24, 2.45) is 0 Å². The van der Waals surface area contributed by atoms with Gasteiger partial charge in [-0.15, -0.1) is 0 Å². The fourth-order valence-electron chi connectivity index (χ4n) is 2.42. The summed E-state index contributed by atoms with van der Waals surface area (Å²) in [5, 5.41) is 13.3. The summed E-state index contributed by atoms with van der Waals surface area (Å²) in [7, 11) is 0. The standard InChI is InChI=1S/C12H23NO3/c1-11(2)4-3-10(16-11)7-13-8-12(14)5-6-15-9-12/h10,13-14H,3-9H2,1-2H3. The third-order valence-electron chi connectivity index (χ3n) is 3.46. The first-order valence-corrected chi connectivity index (χ1v) is 6.18. The van der Waals surface area contributed by atoms with Crippen LogP contribution in [0.5, 0.6) is 0 Å². The number of ether oxygens (including phenoxy) is 2. The van der Waals surface area contributed by atoms with Gasteiger partial charge in [0.15, 0.2) is 0 Å². The van der Waals surface area contributed by atoms with E-state index < -0.39 is 5.60 Å². The van der Waals surface area contributed by atoms with Gasteiger partial charge in [0.25, 0.3) is 0 Å². The van der Waals surface area contributed by atoms with Crippen LogP contribution in [-0.2, 0) is 9.47 Å². The van der Waals surface area contributed by atoms with Crippen molar-refractivity contribution in [2.75, 3.05) is 26.3 Å². The topological polar surface area (TPSA) is 50.7 Å². The lowest BCUT2D eigenvalue weighted by Gasteiger charge is -2.23. The molecule has 16 heavy (non-hydrogen) atoms. The number of rotatable bonds is 4. The van der Waals surface area contributed by atoms with Gasteiger partial charge in [-0.3, -0.25) is 0 Å². The lowest BCUT2D eigenvalue weighted by Crippen LogP contribution is -2.43. The molecule has 0 amide bonds. The van der Waals surface area contributed by atoms with Crippen LogP contribution in [0.4, 0.5) is 0 Å². The van der Waals surface area contributed by atoms with E-state index in [1.807, 2.05) is 0 Å². The Balaban J connectivity index is 1.65. The molecule has 4 heteroatoms. The van der Waals surface area contributed by atoms with Crippen molar-refractivity contribution in [1.29, 1.82) is 0 Å². The predicted octanol–water partition coefficient (Wildman–Crippen LogP) is 0.685. The molecule has 2 unspecified atom stereocenters. The van der Waals surface area contributed by atoms with Gasteiger partial charge in [0.1, 0.15) is 5.60 Å². The molecule has 0 spiro atoms. The van der Waals surface area contributed by atoms with E-state index in [1.54, 1.807) is 0 Å². The first-order chi connectivity index (χ1) is 7.49. The molecule has 0 saturated carbocycles. The second-order valence-corrected chi connectivity index (χ2v) is 5.70. The van der Waals surface area contributed by atoms with Crippen LogP contribution in [-0.4, -0.2) is 48.7 Å². The van der Waals surface area contributed by atoms with E-state index >= 15 is 0 Å². The lowest BCUT2D eigenvalue weighted by molar-refractivity contribution is -0.0189. The Hall–Kier alpha value is -0.160. The molecular weight excluding hydrogens is 206 g/mol. The minimum atomic E-state index is -0.659. The monoisotopic (exact) mass is 229 g/mol. The summed E-state index contributed by atoms with van der Waals surface area (Å²) >= 11 is 0. The second kappa shape index (κ2) is 4.61. The zero-order valence-electron chi connectivity index (χ0n) is 10.3. The molecule has 2 fully saturated rings. The summed E-state index contributed by atoms with van der Waals surface area (Å²) < 4.78 is 11.1. The largest absolute Gasteiger partial charge is 0.386 e. The highest BCUT2D eigenvalue weighted by Gasteiger charge is 2.34. The third-order valence-corrected chi connectivity index (χ3v) is 3.46. The summed E-state index contributed by atoms with van der Waals surface area (Å²) in [6.45, 7) is 6.82. The molecule has 94 valence electrons. The van der Waals surface area contributed by atoms with Crippen molar-refractivity contribution >= 4 is 0 Å². The van der Waals surface area contributed by atoms with Gasteiger partial charge in [0.05, 0.1) is 18.3 Å². The molecule has 0 radical (unpaired) electrons. The molecule has 4 nitrogen and oxygen atoms in total. The maximum atomic E-state index is 10.0. The smallest absolute Gasteiger partial charge is 0.102 e. The summed E-state index contributed by atoms with van der Waals surface area (Å²) in [6, 6.07) is 0. The minimum Gasteiger partial charge on any atom is -0.386 e. The number of nitrogens with one attached hydrogen (secondary N) is 1. The molecule has 2 rings (SSSR count). The van der Waals surface area contributed by atoms with Crippen molar-refractivity contribution in [3.63, 3.8) is 0 Å². The Kier molecular flexibility index (Phi) is 3.54. The van der Waals surface area contributed by atoms with Gasteiger partial charge in [-0.2, -0.15) is 0 Å². The first-order valence-electron chi connectivity index (χ1n) is 6.18. The van der Waals surface area contributed by atoms with E-state index in [0.29, 0.717) is 25.9 Å². The van der Waals surface area contributed by atoms with Gasteiger partial charge < -0.3 is 19.9 Å². The van der Waals surface area contributed by atoms with Crippen molar-refractivity contribution in [3.8, 4) is 0 Å². The number of hydrogen-bond donors (Lipinski definition) is 2. The average molecular weight is 229 g/mol. The van der Waals surface area contributed by atoms with Crippen LogP contribution in [0.15, 0.2) is 0 Å². The molecule has 2 N–H and O–H groups in total. The fraction of sp³-hybridized carbons (Fsp3) is 1.00. The summed E-state index contributed by atoms with van der Waals surface area (Å²) in [5.41, 5.74) is -0.631. The van der Waals surface area contributed by atoms with Crippen LogP contribution in [0, 0.1) is 0 Å². The zero-order valence-corrected chi connectivity index (χ0v) is 10.3. The average Bonchev–Trinajstić information content (AvgIpc) is 2.74. The normalized spacial score (nSPS) is 38.1. The zero-order chi connectivity index (χ0) is 11.6. The van der Waals surface area contributed by atoms with Gasteiger partial charge in [0.2, 0.25) is 0 Å². The highest BCUT2D eigenvalue weighted by atomic mass is 16.5. The van der Waals surface area contributed by atoms with E-state index in [4.69, 9.17) is 9.47 Å². The van der Waals surface area contributed by atoms with Crippen molar-refractivity contribution < 1.29 is 14.6 Å². The van der Waals surface area contributed by atoms with Crippen LogP contribution >= 0.6 is 0 Å². The van der Waals surface area contributed by atoms with Crippen LogP contribution < -0.4 is 5.32 Å². The van der Waals surface area contributed by atoms with Crippen LogP contribution in [0.25, 0.3) is 0 Å². The van der Waals surface area contributed by atoms with Crippen LogP contribution in [0.3, 0.4) is 0 Å². The quantitative estimate of drug-likeness (QED) is 0.744. The maximum Gasteiger partial charge on any atom is 0.102 e. The first kappa shape index (κ1) is 12.3. The summed E-state index contributed by atoms with van der Waals surface area (Å²) in [4.78, 5) is 0. The van der Waals surface area contributed by atoms with Crippen LogP contribution in [0.2, 0.25) is 0 Å². The Bertz CT molecular complexity index is 236. The molecule has 0 aromatic heterocycles. The van der Waals surface area contributed by atoms with Crippen LogP contribution in [0.1, 0.15) is 33.1 Å². The summed E-state index contributed by atoms with van der Waals surface area (Å²) in [6.07, 6.45) is 3.25. The SMILES string of the molecule is CC1(C)CCC(CNCC2(O)CCOC2)O1. The molecule has 0 aromatic rings. The Morgan fingerprint density at radius 2 is 2.19 bits per heavy atom. The minimum absolute atomic E-state index is 0.0275. The highest BCUT2D eigenvalue weighted by Crippen LogP contribution is 2.28. The van der Waals surface area contributed by atoms with Gasteiger partial charge >= 0.3 is 0 Å². The third kappa shape index (κ3) is 3.17. The van der Waals surface area contributed by atoms with Gasteiger partial charge in [-0.1, -0.05) is 0 Å². The molecule has 0 aromatic carbocycles. The van der Waals surface area contributed by atoms with E-state index in [1.165, 1.54) is 0 Å². The highest BCUT2D eigenvalue weighted by molar-refractivity contribution is 4.87. The molecular formula is C12H23NO3. The number of aliphatic hydroxyl groups is 1. The molecule has 0 aliphatic carbocycles. The molecule has 0 bridgehead atoms. The molecule has 2 heterocycles. The van der Waals surface area contributed by atoms with E-state index in [0.717, 1.165) is 25.8 Å². The Morgan fingerprint density at radius 1 is 1.38 bits per heavy atom. The van der Waals surface area contributed by atoms with E-state index in [-0.39, 0.29) is 5.60 Å². The number of hydrogen-bond acceptors (Lipinski definition) is 4. The van der Waals surface area contributed by atoms with E-state index in [2.05, 4.69) is 19.2 Å². The predicted molar refractivity (Wildman–Crippen MR) is 61.4 cm³/mol. The van der Waals surface area contributed by atoms with Gasteiger partial charge in [-0.05, 0) is 26.7 Å². The molecule has 2 aliphatic rings. The molecule has 2 atom stereocenters. The van der Waals surface area contributed by atoms with Crippen molar-refractivity contribution in [3.05, 3.63) is 0 Å². The molecule has 2 aliphatic heterocycles.